The van der Waals surface area contributed by atoms with Crippen molar-refractivity contribution in [1.82, 2.24) is 9.97 Å². The molecule has 1 aromatic carbocycles. The van der Waals surface area contributed by atoms with E-state index in [0.717, 1.165) is 17.9 Å². The topological polar surface area (TPSA) is 47.0 Å². The molecule has 0 spiro atoms. The SMILES string of the molecule is CCNc1cc(OC(C)c2ccccc2)ncn1. The fourth-order valence-corrected chi connectivity index (χ4v) is 1.65. The summed E-state index contributed by atoms with van der Waals surface area (Å²) in [5.74, 6) is 1.36. The molecule has 1 aromatic heterocycles. The standard InChI is InChI=1S/C14H17N3O/c1-3-15-13-9-14(17-10-16-13)18-11(2)12-7-5-4-6-8-12/h4-11H,3H2,1-2H3,(H,15,16,17). The summed E-state index contributed by atoms with van der Waals surface area (Å²) in [6.45, 7) is 4.85. The third-order valence-corrected chi connectivity index (χ3v) is 2.57. The molecule has 1 atom stereocenters. The summed E-state index contributed by atoms with van der Waals surface area (Å²) in [6, 6.07) is 11.9. The molecule has 0 bridgehead atoms. The van der Waals surface area contributed by atoms with Crippen LogP contribution < -0.4 is 10.1 Å². The van der Waals surface area contributed by atoms with Crippen LogP contribution in [0.1, 0.15) is 25.5 Å². The molecule has 2 aromatic rings. The van der Waals surface area contributed by atoms with Gasteiger partial charge in [-0.15, -0.1) is 0 Å². The highest BCUT2D eigenvalue weighted by molar-refractivity contribution is 5.37. The second-order valence-corrected chi connectivity index (χ2v) is 3.94. The molecular formula is C14H17N3O. The zero-order valence-corrected chi connectivity index (χ0v) is 10.6. The summed E-state index contributed by atoms with van der Waals surface area (Å²) in [5, 5.41) is 3.13. The van der Waals surface area contributed by atoms with Crippen molar-refractivity contribution in [3.63, 3.8) is 0 Å². The Morgan fingerprint density at radius 1 is 1.22 bits per heavy atom. The van der Waals surface area contributed by atoms with Gasteiger partial charge in [0.1, 0.15) is 18.2 Å². The van der Waals surface area contributed by atoms with E-state index < -0.39 is 0 Å². The van der Waals surface area contributed by atoms with Crippen molar-refractivity contribution >= 4 is 5.82 Å². The molecule has 4 heteroatoms. The van der Waals surface area contributed by atoms with Crippen molar-refractivity contribution in [2.24, 2.45) is 0 Å². The van der Waals surface area contributed by atoms with Crippen LogP contribution in [0.15, 0.2) is 42.7 Å². The zero-order valence-electron chi connectivity index (χ0n) is 10.6. The zero-order chi connectivity index (χ0) is 12.8. The van der Waals surface area contributed by atoms with Gasteiger partial charge in [0.25, 0.3) is 0 Å². The minimum absolute atomic E-state index is 0.0319. The van der Waals surface area contributed by atoms with E-state index in [4.69, 9.17) is 4.74 Å². The highest BCUT2D eigenvalue weighted by Crippen LogP contribution is 2.20. The number of benzene rings is 1. The summed E-state index contributed by atoms with van der Waals surface area (Å²) in [5.41, 5.74) is 1.13. The molecule has 1 unspecified atom stereocenters. The van der Waals surface area contributed by atoms with Gasteiger partial charge in [-0.3, -0.25) is 0 Å². The maximum Gasteiger partial charge on any atom is 0.219 e. The lowest BCUT2D eigenvalue weighted by atomic mass is 10.1. The number of nitrogens with zero attached hydrogens (tertiary/aromatic N) is 2. The Labute approximate surface area is 107 Å². The van der Waals surface area contributed by atoms with E-state index in [-0.39, 0.29) is 6.10 Å². The molecule has 1 N–H and O–H groups in total. The first-order valence-electron chi connectivity index (χ1n) is 6.07. The van der Waals surface area contributed by atoms with Crippen LogP contribution in [0.3, 0.4) is 0 Å². The molecule has 0 saturated carbocycles. The van der Waals surface area contributed by atoms with Crippen LogP contribution in [0.2, 0.25) is 0 Å². The lowest BCUT2D eigenvalue weighted by Crippen LogP contribution is -2.06. The quantitative estimate of drug-likeness (QED) is 0.876. The van der Waals surface area contributed by atoms with Crippen molar-refractivity contribution in [3.8, 4) is 5.88 Å². The maximum atomic E-state index is 5.80. The van der Waals surface area contributed by atoms with Crippen LogP contribution in [0.25, 0.3) is 0 Å². The van der Waals surface area contributed by atoms with E-state index in [2.05, 4.69) is 15.3 Å². The summed E-state index contributed by atoms with van der Waals surface area (Å²) < 4.78 is 5.80. The Balaban J connectivity index is 2.07. The average molecular weight is 243 g/mol. The summed E-state index contributed by atoms with van der Waals surface area (Å²) >= 11 is 0. The maximum absolute atomic E-state index is 5.80. The molecule has 0 aliphatic rings. The van der Waals surface area contributed by atoms with Gasteiger partial charge in [-0.25, -0.2) is 9.97 Å². The van der Waals surface area contributed by atoms with Crippen molar-refractivity contribution in [1.29, 1.82) is 0 Å². The molecule has 0 fully saturated rings. The van der Waals surface area contributed by atoms with Gasteiger partial charge >= 0.3 is 0 Å². The molecule has 0 aliphatic carbocycles. The molecular weight excluding hydrogens is 226 g/mol. The normalized spacial score (nSPS) is 11.9. The summed E-state index contributed by atoms with van der Waals surface area (Å²) in [4.78, 5) is 8.22. The Bertz CT molecular complexity index is 487. The largest absolute Gasteiger partial charge is 0.470 e. The van der Waals surface area contributed by atoms with Gasteiger partial charge in [0.15, 0.2) is 0 Å². The van der Waals surface area contributed by atoms with Crippen molar-refractivity contribution in [2.75, 3.05) is 11.9 Å². The number of rotatable bonds is 5. The van der Waals surface area contributed by atoms with Gasteiger partial charge < -0.3 is 10.1 Å². The number of anilines is 1. The molecule has 0 aliphatic heterocycles. The Hall–Kier alpha value is -2.10. The van der Waals surface area contributed by atoms with Gasteiger partial charge in [0, 0.05) is 12.6 Å². The van der Waals surface area contributed by atoms with Gasteiger partial charge in [0.2, 0.25) is 5.88 Å². The molecule has 4 nitrogen and oxygen atoms in total. The first-order chi connectivity index (χ1) is 8.79. The fourth-order valence-electron chi connectivity index (χ4n) is 1.65. The number of nitrogens with one attached hydrogen (secondary N) is 1. The Kier molecular flexibility index (Phi) is 4.12. The van der Waals surface area contributed by atoms with E-state index in [1.165, 1.54) is 6.33 Å². The lowest BCUT2D eigenvalue weighted by molar-refractivity contribution is 0.217. The Morgan fingerprint density at radius 2 is 2.00 bits per heavy atom. The van der Waals surface area contributed by atoms with Crippen LogP contribution in [0, 0.1) is 0 Å². The number of ether oxygens (including phenoxy) is 1. The van der Waals surface area contributed by atoms with E-state index in [9.17, 15) is 0 Å². The van der Waals surface area contributed by atoms with Gasteiger partial charge in [-0.05, 0) is 19.4 Å². The smallest absolute Gasteiger partial charge is 0.219 e. The van der Waals surface area contributed by atoms with Crippen molar-refractivity contribution in [2.45, 2.75) is 20.0 Å². The van der Waals surface area contributed by atoms with Crippen LogP contribution >= 0.6 is 0 Å². The first-order valence-corrected chi connectivity index (χ1v) is 6.07. The molecule has 1 heterocycles. The minimum atomic E-state index is -0.0319. The van der Waals surface area contributed by atoms with Gasteiger partial charge in [-0.2, -0.15) is 0 Å². The molecule has 0 amide bonds. The molecule has 2 rings (SSSR count). The number of hydrogen-bond donors (Lipinski definition) is 1. The first kappa shape index (κ1) is 12.4. The van der Waals surface area contributed by atoms with E-state index >= 15 is 0 Å². The highest BCUT2D eigenvalue weighted by atomic mass is 16.5. The Morgan fingerprint density at radius 3 is 2.72 bits per heavy atom. The van der Waals surface area contributed by atoms with E-state index in [1.54, 1.807) is 0 Å². The molecule has 0 radical (unpaired) electrons. The van der Waals surface area contributed by atoms with Crippen LogP contribution in [-0.4, -0.2) is 16.5 Å². The summed E-state index contributed by atoms with van der Waals surface area (Å²) in [7, 11) is 0. The van der Waals surface area contributed by atoms with Crippen LogP contribution in [-0.2, 0) is 0 Å². The number of aromatic nitrogens is 2. The number of hydrogen-bond acceptors (Lipinski definition) is 4. The fraction of sp³-hybridized carbons (Fsp3) is 0.286. The van der Waals surface area contributed by atoms with E-state index in [0.29, 0.717) is 5.88 Å². The average Bonchev–Trinajstić information content (AvgIpc) is 2.40. The van der Waals surface area contributed by atoms with Crippen molar-refractivity contribution in [3.05, 3.63) is 48.3 Å². The second-order valence-electron chi connectivity index (χ2n) is 3.94. The van der Waals surface area contributed by atoms with Crippen LogP contribution in [0.4, 0.5) is 5.82 Å². The van der Waals surface area contributed by atoms with Gasteiger partial charge in [0.05, 0.1) is 0 Å². The molecule has 0 saturated heterocycles. The van der Waals surface area contributed by atoms with E-state index in [1.807, 2.05) is 50.2 Å². The van der Waals surface area contributed by atoms with Crippen molar-refractivity contribution < 1.29 is 4.74 Å². The summed E-state index contributed by atoms with van der Waals surface area (Å²) in [6.07, 6.45) is 1.47. The molecule has 94 valence electrons. The molecule has 18 heavy (non-hydrogen) atoms. The second kappa shape index (κ2) is 6.00. The minimum Gasteiger partial charge on any atom is -0.470 e. The van der Waals surface area contributed by atoms with Crippen LogP contribution in [0.5, 0.6) is 5.88 Å². The predicted molar refractivity (Wildman–Crippen MR) is 71.7 cm³/mol. The third-order valence-electron chi connectivity index (χ3n) is 2.57. The van der Waals surface area contributed by atoms with Gasteiger partial charge in [-0.1, -0.05) is 30.3 Å². The third kappa shape index (κ3) is 3.20. The predicted octanol–water partition coefficient (Wildman–Crippen LogP) is 3.05. The lowest BCUT2D eigenvalue weighted by Gasteiger charge is -2.14. The monoisotopic (exact) mass is 243 g/mol. The highest BCUT2D eigenvalue weighted by Gasteiger charge is 2.08.